The number of esters is 1. The van der Waals surface area contributed by atoms with E-state index in [4.69, 9.17) is 30.5 Å². The average molecular weight is 670 g/mol. The molecule has 0 saturated heterocycles. The number of amidine groups is 1. The van der Waals surface area contributed by atoms with Gasteiger partial charge in [-0.25, -0.2) is 14.0 Å². The van der Waals surface area contributed by atoms with Crippen molar-refractivity contribution in [1.29, 1.82) is 0 Å². The molecule has 0 radical (unpaired) electrons. The van der Waals surface area contributed by atoms with E-state index in [0.717, 1.165) is 0 Å². The minimum atomic E-state index is -0.982. The van der Waals surface area contributed by atoms with Gasteiger partial charge in [-0.2, -0.15) is 0 Å². The van der Waals surface area contributed by atoms with Crippen LogP contribution < -0.4 is 25.4 Å². The van der Waals surface area contributed by atoms with Gasteiger partial charge in [0, 0.05) is 30.8 Å². The Morgan fingerprint density at radius 1 is 1.02 bits per heavy atom. The summed E-state index contributed by atoms with van der Waals surface area (Å²) >= 11 is 5.92. The molecule has 3 N–H and O–H groups in total. The summed E-state index contributed by atoms with van der Waals surface area (Å²) in [6.07, 6.45) is -0.622. The van der Waals surface area contributed by atoms with Gasteiger partial charge in [0.1, 0.15) is 17.5 Å². The van der Waals surface area contributed by atoms with Gasteiger partial charge in [0.25, 0.3) is 5.91 Å². The quantitative estimate of drug-likeness (QED) is 0.122. The predicted molar refractivity (Wildman–Crippen MR) is 179 cm³/mol. The third kappa shape index (κ3) is 10.4. The first-order chi connectivity index (χ1) is 22.3. The summed E-state index contributed by atoms with van der Waals surface area (Å²) in [6.45, 7) is 8.34. The summed E-state index contributed by atoms with van der Waals surface area (Å²) in [5.74, 6) is -1.06. The highest BCUT2D eigenvalue weighted by Gasteiger charge is 2.25. The standard InChI is InChI=1S/C33H37ClFN5O7/c1-33(2,3)47-32(43)40-25(31(42)45-7)15-19-11-13-20(14-12-19)38-28(41)18-46-27-16-21(24(36-4)17-26(27)44-6)30(37-5)39-23-10-8-9-22(34)29(23)35/h8-14,16-17,25H,4,15,18H2,1-3,5-7H3,(H,37,39)(H,38,41)(H,40,43)/t25-/m0/s1. The van der Waals surface area contributed by atoms with Crippen LogP contribution in [0.5, 0.6) is 11.5 Å². The minimum Gasteiger partial charge on any atom is -0.493 e. The van der Waals surface area contributed by atoms with Gasteiger partial charge in [-0.05, 0) is 63.4 Å². The number of amides is 2. The fourth-order valence-corrected chi connectivity index (χ4v) is 4.37. The molecule has 3 aromatic carbocycles. The molecule has 0 spiro atoms. The molecule has 0 bridgehead atoms. The second-order valence-corrected chi connectivity index (χ2v) is 11.3. The zero-order valence-electron chi connectivity index (χ0n) is 26.9. The number of nitrogens with one attached hydrogen (secondary N) is 3. The number of carbonyl (C=O) groups is 3. The van der Waals surface area contributed by atoms with E-state index in [1.807, 2.05) is 0 Å². The van der Waals surface area contributed by atoms with E-state index < -0.39 is 42.0 Å². The maximum atomic E-state index is 14.6. The predicted octanol–water partition coefficient (Wildman–Crippen LogP) is 5.93. The van der Waals surface area contributed by atoms with E-state index >= 15 is 0 Å². The Hall–Kier alpha value is -5.17. The lowest BCUT2D eigenvalue weighted by Crippen LogP contribution is -2.45. The van der Waals surface area contributed by atoms with Crippen molar-refractivity contribution in [3.63, 3.8) is 0 Å². The number of hydrogen-bond donors (Lipinski definition) is 3. The van der Waals surface area contributed by atoms with Gasteiger partial charge in [0.05, 0.1) is 30.6 Å². The number of aliphatic imine (C=N–C) groups is 2. The number of carbonyl (C=O) groups excluding carboxylic acids is 3. The normalized spacial score (nSPS) is 12.0. The van der Waals surface area contributed by atoms with Gasteiger partial charge < -0.3 is 34.9 Å². The van der Waals surface area contributed by atoms with Crippen LogP contribution in [0, 0.1) is 5.82 Å². The second-order valence-electron chi connectivity index (χ2n) is 10.9. The topological polar surface area (TPSA) is 149 Å². The number of nitrogens with zero attached hydrogens (tertiary/aromatic N) is 2. The molecule has 0 fully saturated rings. The van der Waals surface area contributed by atoms with Gasteiger partial charge >= 0.3 is 12.1 Å². The first kappa shape index (κ1) is 36.3. The number of hydrogen-bond acceptors (Lipinski definition) is 9. The van der Waals surface area contributed by atoms with E-state index in [-0.39, 0.29) is 34.5 Å². The summed E-state index contributed by atoms with van der Waals surface area (Å²) in [5.41, 5.74) is 1.28. The molecule has 1 atom stereocenters. The van der Waals surface area contributed by atoms with Crippen LogP contribution in [0.2, 0.25) is 5.02 Å². The largest absolute Gasteiger partial charge is 0.493 e. The Balaban J connectivity index is 1.70. The summed E-state index contributed by atoms with van der Waals surface area (Å²) in [4.78, 5) is 45.5. The highest BCUT2D eigenvalue weighted by molar-refractivity contribution is 6.31. The molecule has 0 heterocycles. The van der Waals surface area contributed by atoms with Gasteiger partial charge in [-0.1, -0.05) is 29.8 Å². The monoisotopic (exact) mass is 669 g/mol. The first-order valence-corrected chi connectivity index (χ1v) is 14.6. The molecule has 12 nitrogen and oxygen atoms in total. The molecular formula is C33H37ClFN5O7. The number of ether oxygens (including phenoxy) is 4. The Kier molecular flexibility index (Phi) is 12.7. The summed E-state index contributed by atoms with van der Waals surface area (Å²) < 4.78 is 35.9. The molecule has 47 heavy (non-hydrogen) atoms. The lowest BCUT2D eigenvalue weighted by molar-refractivity contribution is -0.143. The second kappa shape index (κ2) is 16.4. The maximum absolute atomic E-state index is 14.6. The van der Waals surface area contributed by atoms with E-state index in [9.17, 15) is 18.8 Å². The summed E-state index contributed by atoms with van der Waals surface area (Å²) in [7, 11) is 4.16. The third-order valence-corrected chi connectivity index (χ3v) is 6.64. The molecule has 0 aromatic heterocycles. The molecular weight excluding hydrogens is 633 g/mol. The summed E-state index contributed by atoms with van der Waals surface area (Å²) in [5, 5.41) is 8.10. The van der Waals surface area contributed by atoms with Crippen LogP contribution in [0.25, 0.3) is 0 Å². The molecule has 3 aromatic rings. The fourth-order valence-electron chi connectivity index (χ4n) is 4.20. The third-order valence-electron chi connectivity index (χ3n) is 6.35. The van der Waals surface area contributed by atoms with Crippen molar-refractivity contribution in [2.75, 3.05) is 38.5 Å². The molecule has 0 aliphatic carbocycles. The molecule has 2 amide bonds. The SMILES string of the molecule is C=Nc1cc(OC)c(OCC(=O)Nc2ccc(C[C@H](NC(=O)OC(C)(C)C)C(=O)OC)cc2)cc1C(=NC)Nc1cccc(Cl)c1F. The van der Waals surface area contributed by atoms with Crippen LogP contribution in [0.3, 0.4) is 0 Å². The average Bonchev–Trinajstić information content (AvgIpc) is 3.03. The van der Waals surface area contributed by atoms with Crippen LogP contribution in [0.4, 0.5) is 26.2 Å². The van der Waals surface area contributed by atoms with Crippen molar-refractivity contribution in [3.8, 4) is 11.5 Å². The number of rotatable bonds is 12. The van der Waals surface area contributed by atoms with Gasteiger partial charge in [-0.15, -0.1) is 0 Å². The Bertz CT molecular complexity index is 1640. The first-order valence-electron chi connectivity index (χ1n) is 14.2. The number of halogens is 2. The highest BCUT2D eigenvalue weighted by atomic mass is 35.5. The van der Waals surface area contributed by atoms with Crippen molar-refractivity contribution in [3.05, 3.63) is 76.6 Å². The van der Waals surface area contributed by atoms with Crippen molar-refractivity contribution in [2.24, 2.45) is 9.98 Å². The van der Waals surface area contributed by atoms with Crippen LogP contribution >= 0.6 is 11.6 Å². The van der Waals surface area contributed by atoms with E-state index in [1.54, 1.807) is 63.2 Å². The molecule has 0 aliphatic heterocycles. The molecule has 0 saturated carbocycles. The lowest BCUT2D eigenvalue weighted by Gasteiger charge is -2.22. The Labute approximate surface area is 277 Å². The van der Waals surface area contributed by atoms with Crippen LogP contribution in [-0.2, 0) is 25.5 Å². The van der Waals surface area contributed by atoms with Crippen molar-refractivity contribution in [1.82, 2.24) is 5.32 Å². The fraction of sp³-hybridized carbons (Fsp3) is 0.303. The number of anilines is 2. The molecule has 250 valence electrons. The van der Waals surface area contributed by atoms with Crippen LogP contribution in [0.1, 0.15) is 31.9 Å². The van der Waals surface area contributed by atoms with E-state index in [1.165, 1.54) is 33.4 Å². The zero-order valence-corrected chi connectivity index (χ0v) is 27.7. The zero-order chi connectivity index (χ0) is 34.7. The molecule has 0 unspecified atom stereocenters. The van der Waals surface area contributed by atoms with Gasteiger partial charge in [0.15, 0.2) is 23.9 Å². The molecule has 3 rings (SSSR count). The van der Waals surface area contributed by atoms with Crippen LogP contribution in [0.15, 0.2) is 64.6 Å². The van der Waals surface area contributed by atoms with Crippen molar-refractivity contribution < 1.29 is 37.7 Å². The Morgan fingerprint density at radius 2 is 1.72 bits per heavy atom. The lowest BCUT2D eigenvalue weighted by atomic mass is 10.1. The van der Waals surface area contributed by atoms with Crippen molar-refractivity contribution in [2.45, 2.75) is 38.8 Å². The van der Waals surface area contributed by atoms with Gasteiger partial charge in [-0.3, -0.25) is 14.8 Å². The van der Waals surface area contributed by atoms with Gasteiger partial charge in [0.2, 0.25) is 0 Å². The number of alkyl carbamates (subject to hydrolysis) is 1. The molecule has 14 heteroatoms. The maximum Gasteiger partial charge on any atom is 0.408 e. The summed E-state index contributed by atoms with van der Waals surface area (Å²) in [6, 6.07) is 13.3. The highest BCUT2D eigenvalue weighted by Crippen LogP contribution is 2.36. The minimum absolute atomic E-state index is 0.0625. The smallest absolute Gasteiger partial charge is 0.408 e. The number of benzene rings is 3. The van der Waals surface area contributed by atoms with Crippen LogP contribution in [-0.4, -0.2) is 70.0 Å². The Morgan fingerprint density at radius 3 is 2.32 bits per heavy atom. The molecule has 0 aliphatic rings. The van der Waals surface area contributed by atoms with Crippen molar-refractivity contribution >= 4 is 59.2 Å². The number of methoxy groups -OCH3 is 2. The van der Waals surface area contributed by atoms with E-state index in [2.05, 4.69) is 32.7 Å². The van der Waals surface area contributed by atoms with E-state index in [0.29, 0.717) is 22.5 Å².